The first-order valence-corrected chi connectivity index (χ1v) is 8.05. The molecule has 0 amide bonds. The van der Waals surface area contributed by atoms with E-state index in [1.165, 1.54) is 18.2 Å². The molecule has 0 unspecified atom stereocenters. The summed E-state index contributed by atoms with van der Waals surface area (Å²) in [4.78, 5) is 15.5. The zero-order chi connectivity index (χ0) is 18.0. The molecule has 5 nitrogen and oxygen atoms in total. The van der Waals surface area contributed by atoms with Gasteiger partial charge >= 0.3 is 6.16 Å². The van der Waals surface area contributed by atoms with Crippen molar-refractivity contribution in [1.29, 1.82) is 5.26 Å². The highest BCUT2D eigenvalue weighted by Gasteiger charge is 2.19. The van der Waals surface area contributed by atoms with E-state index in [-0.39, 0.29) is 10.8 Å². The maximum Gasteiger partial charge on any atom is 0.513 e. The molecule has 2 aromatic carbocycles. The monoisotopic (exact) mass is 374 g/mol. The van der Waals surface area contributed by atoms with Crippen LogP contribution in [0.4, 0.5) is 9.18 Å². The molecule has 25 heavy (non-hydrogen) atoms. The van der Waals surface area contributed by atoms with Gasteiger partial charge in [0, 0.05) is 10.6 Å². The van der Waals surface area contributed by atoms with Gasteiger partial charge in [0.2, 0.25) is 0 Å². The Balaban J connectivity index is 2.19. The Hall–Kier alpha value is -2.95. The van der Waals surface area contributed by atoms with E-state index in [2.05, 4.69) is 9.72 Å². The number of carbonyl (C=O) groups is 1. The van der Waals surface area contributed by atoms with Gasteiger partial charge in [-0.1, -0.05) is 41.1 Å². The molecule has 0 aliphatic heterocycles. The number of carboxylic acid groups (broad SMARTS) is 1. The van der Waals surface area contributed by atoms with Crippen LogP contribution in [0.1, 0.15) is 5.56 Å². The minimum absolute atomic E-state index is 0.0830. The molecule has 124 valence electrons. The van der Waals surface area contributed by atoms with Gasteiger partial charge in [0.15, 0.2) is 0 Å². The highest BCUT2D eigenvalue weighted by Crippen LogP contribution is 2.41. The lowest BCUT2D eigenvalue weighted by Crippen LogP contribution is -2.02. The fraction of sp³-hybridized carbons (Fsp3) is 0. The molecule has 0 aliphatic carbocycles. The third kappa shape index (κ3) is 3.60. The highest BCUT2D eigenvalue weighted by atomic mass is 35.5. The lowest BCUT2D eigenvalue weighted by atomic mass is 10.0. The highest BCUT2D eigenvalue weighted by molar-refractivity contribution is 7.17. The van der Waals surface area contributed by atoms with Crippen LogP contribution in [-0.4, -0.2) is 16.2 Å². The molecule has 1 aromatic heterocycles. The van der Waals surface area contributed by atoms with Crippen LogP contribution in [-0.2, 0) is 0 Å². The van der Waals surface area contributed by atoms with Crippen molar-refractivity contribution in [2.24, 2.45) is 0 Å². The maximum absolute atomic E-state index is 13.6. The standard InChI is InChI=1S/C17H8ClFN2O3S/c18-12-3-1-2-9(7-12)14-15(25-16(21-14)24-17(22)23)10-4-5-13(19)11(6-10)8-20/h1-7H,(H,22,23). The number of rotatable bonds is 3. The number of hydrogen-bond acceptors (Lipinski definition) is 5. The van der Waals surface area contributed by atoms with Crippen molar-refractivity contribution in [3.8, 4) is 33.0 Å². The summed E-state index contributed by atoms with van der Waals surface area (Å²) in [5.74, 6) is -0.637. The Kier molecular flexibility index (Phi) is 4.65. The van der Waals surface area contributed by atoms with Crippen LogP contribution in [0.15, 0.2) is 42.5 Å². The second kappa shape index (κ2) is 6.89. The molecule has 1 N–H and O–H groups in total. The molecule has 3 rings (SSSR count). The summed E-state index contributed by atoms with van der Waals surface area (Å²) >= 11 is 6.99. The lowest BCUT2D eigenvalue weighted by Gasteiger charge is -2.04. The smallest absolute Gasteiger partial charge is 0.449 e. The normalized spacial score (nSPS) is 10.3. The summed E-state index contributed by atoms with van der Waals surface area (Å²) in [6, 6.07) is 12.7. The van der Waals surface area contributed by atoms with Crippen LogP contribution in [0.2, 0.25) is 5.02 Å². The average molecular weight is 375 g/mol. The molecule has 0 saturated carbocycles. The molecule has 0 spiro atoms. The van der Waals surface area contributed by atoms with E-state index >= 15 is 0 Å². The van der Waals surface area contributed by atoms with Crippen molar-refractivity contribution in [3.05, 3.63) is 58.9 Å². The Morgan fingerprint density at radius 1 is 1.28 bits per heavy atom. The zero-order valence-corrected chi connectivity index (χ0v) is 13.9. The largest absolute Gasteiger partial charge is 0.513 e. The molecule has 1 heterocycles. The van der Waals surface area contributed by atoms with Gasteiger partial charge in [0.1, 0.15) is 11.9 Å². The summed E-state index contributed by atoms with van der Waals surface area (Å²) in [5, 5.41) is 18.2. The van der Waals surface area contributed by atoms with E-state index in [1.807, 2.05) is 0 Å². The van der Waals surface area contributed by atoms with Crippen LogP contribution in [0.5, 0.6) is 5.19 Å². The number of thiazole rings is 1. The van der Waals surface area contributed by atoms with Crippen molar-refractivity contribution in [2.45, 2.75) is 0 Å². The van der Waals surface area contributed by atoms with Crippen LogP contribution in [0, 0.1) is 17.1 Å². The zero-order valence-electron chi connectivity index (χ0n) is 12.4. The Morgan fingerprint density at radius 2 is 2.08 bits per heavy atom. The van der Waals surface area contributed by atoms with Gasteiger partial charge in [0.05, 0.1) is 16.1 Å². The topological polar surface area (TPSA) is 83.2 Å². The third-order valence-corrected chi connectivity index (χ3v) is 4.45. The quantitative estimate of drug-likeness (QED) is 0.637. The van der Waals surface area contributed by atoms with Crippen LogP contribution in [0.25, 0.3) is 21.7 Å². The SMILES string of the molecule is N#Cc1cc(-c2sc(OC(=O)O)nc2-c2cccc(Cl)c2)ccc1F. The lowest BCUT2D eigenvalue weighted by molar-refractivity contribution is 0.144. The van der Waals surface area contributed by atoms with Crippen molar-refractivity contribution in [2.75, 3.05) is 0 Å². The van der Waals surface area contributed by atoms with E-state index < -0.39 is 12.0 Å². The average Bonchev–Trinajstić information content (AvgIpc) is 2.98. The van der Waals surface area contributed by atoms with Gasteiger partial charge < -0.3 is 9.84 Å². The van der Waals surface area contributed by atoms with Crippen LogP contribution in [0.3, 0.4) is 0 Å². The number of aromatic nitrogens is 1. The van der Waals surface area contributed by atoms with E-state index in [4.69, 9.17) is 22.0 Å². The number of nitrogens with zero attached hydrogens (tertiary/aromatic N) is 2. The third-order valence-electron chi connectivity index (χ3n) is 3.23. The minimum Gasteiger partial charge on any atom is -0.449 e. The fourth-order valence-electron chi connectivity index (χ4n) is 2.20. The molecule has 0 aliphatic rings. The van der Waals surface area contributed by atoms with Crippen molar-refractivity contribution >= 4 is 29.1 Å². The van der Waals surface area contributed by atoms with E-state index in [9.17, 15) is 9.18 Å². The van der Waals surface area contributed by atoms with Gasteiger partial charge in [-0.15, -0.1) is 0 Å². The first kappa shape index (κ1) is 16.9. The molecule has 8 heteroatoms. The molecular formula is C17H8ClFN2O3S. The van der Waals surface area contributed by atoms with Crippen molar-refractivity contribution in [1.82, 2.24) is 4.98 Å². The number of hydrogen-bond donors (Lipinski definition) is 1. The molecule has 3 aromatic rings. The van der Waals surface area contributed by atoms with Crippen LogP contribution >= 0.6 is 22.9 Å². The Labute approximate surface area is 150 Å². The van der Waals surface area contributed by atoms with Gasteiger partial charge in [-0.3, -0.25) is 0 Å². The molecular weight excluding hydrogens is 367 g/mol. The van der Waals surface area contributed by atoms with Crippen molar-refractivity contribution < 1.29 is 19.0 Å². The summed E-state index contributed by atoms with van der Waals surface area (Å²) in [6.45, 7) is 0. The summed E-state index contributed by atoms with van der Waals surface area (Å²) in [7, 11) is 0. The molecule has 0 fully saturated rings. The number of halogens is 2. The van der Waals surface area contributed by atoms with Gasteiger partial charge in [-0.25, -0.2) is 14.2 Å². The second-order valence-corrected chi connectivity index (χ2v) is 6.24. The predicted molar refractivity (Wildman–Crippen MR) is 91.3 cm³/mol. The fourth-order valence-corrected chi connectivity index (χ4v) is 3.32. The molecule has 0 radical (unpaired) electrons. The summed E-state index contributed by atoms with van der Waals surface area (Å²) < 4.78 is 18.2. The summed E-state index contributed by atoms with van der Waals surface area (Å²) in [5.41, 5.74) is 1.47. The second-order valence-electron chi connectivity index (χ2n) is 4.84. The Bertz CT molecular complexity index is 1010. The number of nitriles is 1. The van der Waals surface area contributed by atoms with E-state index in [0.29, 0.717) is 26.7 Å². The first-order chi connectivity index (χ1) is 12.0. The van der Waals surface area contributed by atoms with Crippen molar-refractivity contribution in [3.63, 3.8) is 0 Å². The summed E-state index contributed by atoms with van der Waals surface area (Å²) in [6.07, 6.45) is -1.49. The Morgan fingerprint density at radius 3 is 2.76 bits per heavy atom. The van der Waals surface area contributed by atoms with E-state index in [1.54, 1.807) is 30.3 Å². The maximum atomic E-state index is 13.6. The van der Waals surface area contributed by atoms with Gasteiger partial charge in [-0.05, 0) is 29.8 Å². The van der Waals surface area contributed by atoms with Crippen LogP contribution < -0.4 is 4.74 Å². The predicted octanol–water partition coefficient (Wildman–Crippen LogP) is 5.20. The van der Waals surface area contributed by atoms with Gasteiger partial charge in [-0.2, -0.15) is 5.26 Å². The van der Waals surface area contributed by atoms with E-state index in [0.717, 1.165) is 11.3 Å². The minimum atomic E-state index is -1.49. The molecule has 0 bridgehead atoms. The van der Waals surface area contributed by atoms with Gasteiger partial charge in [0.25, 0.3) is 5.19 Å². The first-order valence-electron chi connectivity index (χ1n) is 6.85. The molecule has 0 saturated heterocycles. The molecule has 0 atom stereocenters. The number of ether oxygens (including phenoxy) is 1. The number of benzene rings is 2.